The summed E-state index contributed by atoms with van der Waals surface area (Å²) in [6.07, 6.45) is 2.98. The van der Waals surface area contributed by atoms with Crippen LogP contribution in [0.3, 0.4) is 0 Å². The van der Waals surface area contributed by atoms with Crippen molar-refractivity contribution in [3.8, 4) is 0 Å². The maximum atomic E-state index is 13.0. The number of nitrogens with zero attached hydrogens (tertiary/aromatic N) is 4. The Kier molecular flexibility index (Phi) is 5.51. The fourth-order valence-electron chi connectivity index (χ4n) is 4.36. The molecule has 5 rings (SSSR count). The second-order valence-electron chi connectivity index (χ2n) is 8.41. The molecule has 0 saturated carbocycles. The zero-order valence-corrected chi connectivity index (χ0v) is 19.9. The number of benzene rings is 2. The number of fused-ring (bicyclic) bond motifs is 3. The van der Waals surface area contributed by atoms with Crippen LogP contribution < -0.4 is 10.2 Å². The highest BCUT2D eigenvalue weighted by Crippen LogP contribution is 2.28. The molecule has 0 spiro atoms. The minimum absolute atomic E-state index is 0.0382. The average molecular weight is 492 g/mol. The maximum absolute atomic E-state index is 13.0. The topological polar surface area (TPSA) is 52.9 Å². The molecule has 1 fully saturated rings. The molecule has 32 heavy (non-hydrogen) atoms. The van der Waals surface area contributed by atoms with Gasteiger partial charge in [-0.3, -0.25) is 0 Å². The van der Waals surface area contributed by atoms with Gasteiger partial charge >= 0.3 is 6.03 Å². The van der Waals surface area contributed by atoms with Gasteiger partial charge in [0.05, 0.1) is 16.6 Å². The van der Waals surface area contributed by atoms with Crippen LogP contribution in [0, 0.1) is 13.8 Å². The molecule has 0 unspecified atom stereocenters. The van der Waals surface area contributed by atoms with E-state index in [2.05, 4.69) is 67.1 Å². The number of carbonyl (C=O) groups is 1. The summed E-state index contributed by atoms with van der Waals surface area (Å²) in [7, 11) is 0. The summed E-state index contributed by atoms with van der Waals surface area (Å²) < 4.78 is 3.21. The summed E-state index contributed by atoms with van der Waals surface area (Å²) >= 11 is 3.57. The number of urea groups is 1. The van der Waals surface area contributed by atoms with Crippen LogP contribution in [-0.2, 0) is 0 Å². The molecule has 1 saturated heterocycles. The number of anilines is 2. The van der Waals surface area contributed by atoms with Crippen molar-refractivity contribution in [1.82, 2.24) is 14.3 Å². The zero-order chi connectivity index (χ0) is 22.2. The lowest BCUT2D eigenvalue weighted by Crippen LogP contribution is -2.38. The highest BCUT2D eigenvalue weighted by Gasteiger charge is 2.22. The summed E-state index contributed by atoms with van der Waals surface area (Å²) in [6.45, 7) is 7.04. The van der Waals surface area contributed by atoms with Crippen LogP contribution in [0.4, 0.5) is 16.3 Å². The Bertz CT molecular complexity index is 1310. The predicted octanol–water partition coefficient (Wildman–Crippen LogP) is 5.61. The van der Waals surface area contributed by atoms with Crippen LogP contribution in [-0.4, -0.2) is 46.5 Å². The minimum Gasteiger partial charge on any atom is -0.353 e. The first kappa shape index (κ1) is 20.8. The van der Waals surface area contributed by atoms with E-state index in [1.165, 1.54) is 0 Å². The SMILES string of the molecule is Cc1ccc(C)c(NC(=O)N2CCCN(c3nc4cc(Br)ccc4n4cccc34)CC2)c1. The van der Waals surface area contributed by atoms with Gasteiger partial charge in [0.1, 0.15) is 0 Å². The highest BCUT2D eigenvalue weighted by molar-refractivity contribution is 9.10. The Morgan fingerprint density at radius 3 is 2.75 bits per heavy atom. The number of hydrogen-bond donors (Lipinski definition) is 1. The van der Waals surface area contributed by atoms with Gasteiger partial charge in [-0.15, -0.1) is 0 Å². The third kappa shape index (κ3) is 3.93. The van der Waals surface area contributed by atoms with E-state index < -0.39 is 0 Å². The Balaban J connectivity index is 1.38. The largest absolute Gasteiger partial charge is 0.353 e. The first-order chi connectivity index (χ1) is 15.5. The number of aryl methyl sites for hydroxylation is 2. The van der Waals surface area contributed by atoms with Gasteiger partial charge in [0.25, 0.3) is 0 Å². The number of rotatable bonds is 2. The first-order valence-electron chi connectivity index (χ1n) is 10.9. The van der Waals surface area contributed by atoms with Gasteiger partial charge in [-0.1, -0.05) is 28.1 Å². The third-order valence-corrected chi connectivity index (χ3v) is 6.61. The van der Waals surface area contributed by atoms with Crippen LogP contribution in [0.25, 0.3) is 16.6 Å². The smallest absolute Gasteiger partial charge is 0.321 e. The molecule has 6 nitrogen and oxygen atoms in total. The van der Waals surface area contributed by atoms with Gasteiger partial charge in [0.15, 0.2) is 5.82 Å². The molecule has 1 N–H and O–H groups in total. The highest BCUT2D eigenvalue weighted by atomic mass is 79.9. The summed E-state index contributed by atoms with van der Waals surface area (Å²) in [4.78, 5) is 22.2. The number of nitrogens with one attached hydrogen (secondary N) is 1. The third-order valence-electron chi connectivity index (χ3n) is 6.12. The van der Waals surface area contributed by atoms with Crippen molar-refractivity contribution in [2.24, 2.45) is 0 Å². The quantitative estimate of drug-likeness (QED) is 0.396. The molecular formula is C25H26BrN5O. The summed E-state index contributed by atoms with van der Waals surface area (Å²) in [6, 6.07) is 16.4. The monoisotopic (exact) mass is 491 g/mol. The van der Waals surface area contributed by atoms with Crippen molar-refractivity contribution in [2.75, 3.05) is 36.4 Å². The Labute approximate surface area is 196 Å². The van der Waals surface area contributed by atoms with Crippen LogP contribution in [0.1, 0.15) is 17.5 Å². The molecule has 164 valence electrons. The van der Waals surface area contributed by atoms with Crippen molar-refractivity contribution in [2.45, 2.75) is 20.3 Å². The molecule has 0 radical (unpaired) electrons. The van der Waals surface area contributed by atoms with Gasteiger partial charge in [-0.2, -0.15) is 0 Å². The molecule has 1 aliphatic rings. The molecular weight excluding hydrogens is 466 g/mol. The fraction of sp³-hybridized carbons (Fsp3) is 0.280. The van der Waals surface area contributed by atoms with Gasteiger partial charge in [0.2, 0.25) is 0 Å². The molecule has 7 heteroatoms. The predicted molar refractivity (Wildman–Crippen MR) is 134 cm³/mol. The van der Waals surface area contributed by atoms with Crippen LogP contribution in [0.15, 0.2) is 59.2 Å². The van der Waals surface area contributed by atoms with Crippen LogP contribution in [0.2, 0.25) is 0 Å². The molecule has 0 bridgehead atoms. The number of carbonyl (C=O) groups excluding carboxylic acids is 1. The van der Waals surface area contributed by atoms with Gasteiger partial charge < -0.3 is 19.5 Å². The standard InChI is InChI=1S/C25H26BrN5O/c1-17-6-7-18(2)20(15-17)28-25(32)30-11-4-10-29(13-14-30)24-23-5-3-12-31(23)22-9-8-19(26)16-21(22)27-24/h3,5-9,12,15-16H,4,10-11,13-14H2,1-2H3,(H,28,32). The Morgan fingerprint density at radius 2 is 1.88 bits per heavy atom. The van der Waals surface area contributed by atoms with E-state index in [1.807, 2.05) is 36.9 Å². The number of amides is 2. The molecule has 0 atom stereocenters. The fourth-order valence-corrected chi connectivity index (χ4v) is 4.71. The Hall–Kier alpha value is -3.06. The van der Waals surface area contributed by atoms with Gasteiger partial charge in [-0.25, -0.2) is 9.78 Å². The van der Waals surface area contributed by atoms with Crippen molar-refractivity contribution in [1.29, 1.82) is 0 Å². The molecule has 2 aromatic carbocycles. The Morgan fingerprint density at radius 1 is 1.00 bits per heavy atom. The second-order valence-corrected chi connectivity index (χ2v) is 9.32. The first-order valence-corrected chi connectivity index (χ1v) is 11.7. The van der Waals surface area contributed by atoms with Crippen molar-refractivity contribution in [3.63, 3.8) is 0 Å². The average Bonchev–Trinajstić information content (AvgIpc) is 3.13. The van der Waals surface area contributed by atoms with E-state index in [0.29, 0.717) is 6.54 Å². The van der Waals surface area contributed by atoms with Gasteiger partial charge in [-0.05, 0) is 67.8 Å². The normalized spacial score (nSPS) is 14.7. The lowest BCUT2D eigenvalue weighted by atomic mass is 10.1. The van der Waals surface area contributed by atoms with E-state index in [9.17, 15) is 4.79 Å². The zero-order valence-electron chi connectivity index (χ0n) is 18.3. The number of halogens is 1. The summed E-state index contributed by atoms with van der Waals surface area (Å²) in [5, 5.41) is 3.10. The van der Waals surface area contributed by atoms with Crippen molar-refractivity contribution in [3.05, 3.63) is 70.3 Å². The van der Waals surface area contributed by atoms with Crippen LogP contribution in [0.5, 0.6) is 0 Å². The second kappa shape index (κ2) is 8.47. The number of aromatic nitrogens is 2. The lowest BCUT2D eigenvalue weighted by molar-refractivity contribution is 0.215. The molecule has 0 aliphatic carbocycles. The van der Waals surface area contributed by atoms with Crippen molar-refractivity contribution >= 4 is 50.0 Å². The van der Waals surface area contributed by atoms with Crippen molar-refractivity contribution < 1.29 is 4.79 Å². The van der Waals surface area contributed by atoms with Crippen LogP contribution >= 0.6 is 15.9 Å². The molecule has 4 aromatic rings. The van der Waals surface area contributed by atoms with E-state index in [0.717, 1.165) is 69.7 Å². The molecule has 3 heterocycles. The van der Waals surface area contributed by atoms with E-state index in [-0.39, 0.29) is 6.03 Å². The van der Waals surface area contributed by atoms with E-state index in [1.54, 1.807) is 0 Å². The minimum atomic E-state index is -0.0382. The molecule has 2 aromatic heterocycles. The maximum Gasteiger partial charge on any atom is 0.321 e. The molecule has 1 aliphatic heterocycles. The lowest BCUT2D eigenvalue weighted by Gasteiger charge is -2.24. The molecule has 2 amide bonds. The van der Waals surface area contributed by atoms with E-state index >= 15 is 0 Å². The van der Waals surface area contributed by atoms with E-state index in [4.69, 9.17) is 4.98 Å². The summed E-state index contributed by atoms with van der Waals surface area (Å²) in [5.41, 5.74) is 6.22. The number of hydrogen-bond acceptors (Lipinski definition) is 3. The van der Waals surface area contributed by atoms with Gasteiger partial charge in [0, 0.05) is 42.5 Å². The summed E-state index contributed by atoms with van der Waals surface area (Å²) in [5.74, 6) is 0.970.